The maximum Gasteiger partial charge on any atom is 0.314 e. The second-order valence-corrected chi connectivity index (χ2v) is 9.10. The fourth-order valence-corrected chi connectivity index (χ4v) is 4.18. The fraction of sp³-hybridized carbons (Fsp3) is 0.417. The number of benzene rings is 2. The summed E-state index contributed by atoms with van der Waals surface area (Å²) >= 11 is 0. The van der Waals surface area contributed by atoms with E-state index in [2.05, 4.69) is 4.99 Å². The van der Waals surface area contributed by atoms with Gasteiger partial charge in [-0.15, -0.1) is 10.3 Å². The molecule has 7 nitrogen and oxygen atoms in total. The summed E-state index contributed by atoms with van der Waals surface area (Å²) in [7, 11) is 1.49. The van der Waals surface area contributed by atoms with Crippen LogP contribution in [0.25, 0.3) is 0 Å². The molecule has 1 radical (unpaired) electrons. The molecule has 1 aliphatic rings. The molecule has 1 aliphatic heterocycles. The molecule has 0 amide bonds. The van der Waals surface area contributed by atoms with E-state index in [-0.39, 0.29) is 17.6 Å². The summed E-state index contributed by atoms with van der Waals surface area (Å²) in [6.07, 6.45) is 2.44. The van der Waals surface area contributed by atoms with Crippen LogP contribution in [0.15, 0.2) is 47.5 Å². The smallest absolute Gasteiger partial charge is 0.314 e. The monoisotopic (exact) mass is 425 g/mol. The number of methoxy groups -OCH3 is 1. The summed E-state index contributed by atoms with van der Waals surface area (Å²) in [5, 5.41) is 23.7. The predicted octanol–water partition coefficient (Wildman–Crippen LogP) is 4.67. The molecule has 0 atom stereocenters. The van der Waals surface area contributed by atoms with Crippen molar-refractivity contribution in [1.29, 1.82) is 0 Å². The van der Waals surface area contributed by atoms with Gasteiger partial charge in [0.1, 0.15) is 5.75 Å². The molecule has 1 heterocycles. The highest BCUT2D eigenvalue weighted by Crippen LogP contribution is 2.40. The van der Waals surface area contributed by atoms with E-state index >= 15 is 0 Å². The normalized spacial score (nSPS) is 18.8. The maximum absolute atomic E-state index is 12.7. The molecular formula is C24H29N2O5. The zero-order valence-electron chi connectivity index (χ0n) is 18.6. The Morgan fingerprint density at radius 3 is 2.29 bits per heavy atom. The van der Waals surface area contributed by atoms with Crippen LogP contribution < -0.4 is 9.47 Å². The highest BCUT2D eigenvalue weighted by Gasteiger charge is 2.48. The number of piperidine rings is 1. The van der Waals surface area contributed by atoms with E-state index in [1.165, 1.54) is 7.11 Å². The van der Waals surface area contributed by atoms with Gasteiger partial charge in [-0.2, -0.15) is 0 Å². The average Bonchev–Trinajstić information content (AvgIpc) is 2.72. The first-order valence-electron chi connectivity index (χ1n) is 10.2. The largest absolute Gasteiger partial charge is 0.504 e. The maximum atomic E-state index is 12.7. The van der Waals surface area contributed by atoms with Gasteiger partial charge in [-0.25, -0.2) is 0 Å². The van der Waals surface area contributed by atoms with Crippen molar-refractivity contribution in [3.63, 3.8) is 0 Å². The molecule has 3 rings (SSSR count). The molecule has 2 aromatic rings. The Labute approximate surface area is 182 Å². The molecular weight excluding hydrogens is 396 g/mol. The minimum Gasteiger partial charge on any atom is -0.504 e. The van der Waals surface area contributed by atoms with E-state index in [1.54, 1.807) is 48.7 Å². The third-order valence-corrected chi connectivity index (χ3v) is 5.58. The molecule has 31 heavy (non-hydrogen) atoms. The summed E-state index contributed by atoms with van der Waals surface area (Å²) in [5.41, 5.74) is -0.0838. The van der Waals surface area contributed by atoms with Crippen molar-refractivity contribution in [3.8, 4) is 17.2 Å². The van der Waals surface area contributed by atoms with Crippen LogP contribution in [0.1, 0.15) is 46.1 Å². The van der Waals surface area contributed by atoms with Gasteiger partial charge in [-0.3, -0.25) is 9.79 Å². The molecule has 165 valence electrons. The number of phenols is 1. The quantitative estimate of drug-likeness (QED) is 0.427. The molecule has 0 aromatic heterocycles. The van der Waals surface area contributed by atoms with Crippen LogP contribution in [0, 0.1) is 5.92 Å². The van der Waals surface area contributed by atoms with Gasteiger partial charge in [0.05, 0.1) is 18.7 Å². The molecule has 0 bridgehead atoms. The Balaban J connectivity index is 1.66. The van der Waals surface area contributed by atoms with Gasteiger partial charge < -0.3 is 14.6 Å². The number of aliphatic imine (C=N–C) groups is 1. The van der Waals surface area contributed by atoms with Crippen molar-refractivity contribution < 1.29 is 24.6 Å². The van der Waals surface area contributed by atoms with E-state index in [1.807, 2.05) is 27.7 Å². The number of hydroxylamine groups is 2. The number of rotatable bonds is 5. The molecule has 7 heteroatoms. The number of carbonyl (C=O) groups is 1. The van der Waals surface area contributed by atoms with Crippen molar-refractivity contribution in [2.24, 2.45) is 10.9 Å². The number of para-hydroxylation sites is 1. The summed E-state index contributed by atoms with van der Waals surface area (Å²) < 4.78 is 10.7. The summed E-state index contributed by atoms with van der Waals surface area (Å²) in [6.45, 7) is 7.42. The number of ether oxygens (including phenoxy) is 2. The first-order chi connectivity index (χ1) is 14.5. The molecule has 0 unspecified atom stereocenters. The Bertz CT molecular complexity index is 948. The van der Waals surface area contributed by atoms with Gasteiger partial charge in [0.2, 0.25) is 0 Å². The van der Waals surface area contributed by atoms with Crippen LogP contribution in [-0.2, 0) is 10.0 Å². The number of hydrogen-bond acceptors (Lipinski definition) is 6. The molecule has 0 spiro atoms. The van der Waals surface area contributed by atoms with Gasteiger partial charge in [-0.1, -0.05) is 6.07 Å². The lowest BCUT2D eigenvalue weighted by molar-refractivity contribution is -0.293. The van der Waals surface area contributed by atoms with Gasteiger partial charge >= 0.3 is 5.97 Å². The van der Waals surface area contributed by atoms with Gasteiger partial charge in [-0.05, 0) is 76.9 Å². The highest BCUT2D eigenvalue weighted by atomic mass is 16.5. The van der Waals surface area contributed by atoms with Crippen LogP contribution in [0.3, 0.4) is 0 Å². The van der Waals surface area contributed by atoms with E-state index in [9.17, 15) is 15.1 Å². The fourth-order valence-electron chi connectivity index (χ4n) is 4.18. The van der Waals surface area contributed by atoms with Crippen molar-refractivity contribution in [2.45, 2.75) is 51.6 Å². The van der Waals surface area contributed by atoms with Crippen LogP contribution in [0.4, 0.5) is 5.69 Å². The van der Waals surface area contributed by atoms with Crippen molar-refractivity contribution in [3.05, 3.63) is 48.0 Å². The highest BCUT2D eigenvalue weighted by molar-refractivity contribution is 5.86. The standard InChI is InChI=1S/C24H29N2O5/c1-23(2)13-17(14-24(3,4)26(23)29)22(28)31-19-11-9-18(10-12-19)25-15-16-7-6-8-20(30-5)21(16)27/h6-12,15,17,27H,13-14H2,1-5H3. The zero-order valence-corrected chi connectivity index (χ0v) is 18.6. The summed E-state index contributed by atoms with van der Waals surface area (Å²) in [6, 6.07) is 12.0. The SMILES string of the molecule is COc1cccc(C=Nc2ccc(OC(=O)C3CC(C)(C)N([O])C(C)(C)C3)cc2)c1O. The Hall–Kier alpha value is -2.90. The molecule has 0 aliphatic carbocycles. The minimum absolute atomic E-state index is 0.0225. The number of aromatic hydroxyl groups is 1. The van der Waals surface area contributed by atoms with Crippen LogP contribution in [0.2, 0.25) is 0 Å². The minimum atomic E-state index is -0.629. The van der Waals surface area contributed by atoms with Gasteiger partial charge in [0.15, 0.2) is 11.5 Å². The molecule has 0 saturated carbocycles. The Kier molecular flexibility index (Phi) is 6.38. The summed E-state index contributed by atoms with van der Waals surface area (Å²) in [4.78, 5) is 17.1. The van der Waals surface area contributed by atoms with Crippen LogP contribution >= 0.6 is 0 Å². The van der Waals surface area contributed by atoms with Gasteiger partial charge in [0, 0.05) is 22.9 Å². The third kappa shape index (κ3) is 5.06. The van der Waals surface area contributed by atoms with Crippen LogP contribution in [-0.4, -0.2) is 40.5 Å². The number of hydrogen-bond donors (Lipinski definition) is 1. The lowest BCUT2D eigenvalue weighted by Gasteiger charge is -2.49. The second kappa shape index (κ2) is 8.69. The van der Waals surface area contributed by atoms with E-state index in [0.29, 0.717) is 35.6 Å². The van der Waals surface area contributed by atoms with Crippen molar-refractivity contribution in [1.82, 2.24) is 5.06 Å². The first kappa shape index (κ1) is 22.8. The predicted molar refractivity (Wildman–Crippen MR) is 117 cm³/mol. The van der Waals surface area contributed by atoms with Gasteiger partial charge in [0.25, 0.3) is 0 Å². The molecule has 1 saturated heterocycles. The zero-order chi connectivity index (χ0) is 22.8. The van der Waals surface area contributed by atoms with Crippen LogP contribution in [0.5, 0.6) is 17.2 Å². The van der Waals surface area contributed by atoms with Crippen molar-refractivity contribution in [2.75, 3.05) is 7.11 Å². The topological polar surface area (TPSA) is 91.3 Å². The number of carbonyl (C=O) groups excluding carboxylic acids is 1. The Morgan fingerprint density at radius 1 is 1.10 bits per heavy atom. The molecule has 1 fully saturated rings. The number of nitrogens with zero attached hydrogens (tertiary/aromatic N) is 2. The lowest BCUT2D eigenvalue weighted by Crippen LogP contribution is -2.59. The molecule has 2 aromatic carbocycles. The van der Waals surface area contributed by atoms with Crippen molar-refractivity contribution >= 4 is 17.9 Å². The van der Waals surface area contributed by atoms with E-state index in [0.717, 1.165) is 5.06 Å². The first-order valence-corrected chi connectivity index (χ1v) is 10.2. The number of phenolic OH excluding ortho intramolecular Hbond substituents is 1. The summed E-state index contributed by atoms with van der Waals surface area (Å²) in [5.74, 6) is 0.152. The van der Waals surface area contributed by atoms with E-state index < -0.39 is 11.1 Å². The second-order valence-electron chi connectivity index (χ2n) is 9.10. The average molecular weight is 426 g/mol. The molecule has 1 N–H and O–H groups in total. The van der Waals surface area contributed by atoms with E-state index in [4.69, 9.17) is 9.47 Å². The number of esters is 1. The third-order valence-electron chi connectivity index (χ3n) is 5.58. The lowest BCUT2D eigenvalue weighted by atomic mass is 9.75. The Morgan fingerprint density at radius 2 is 1.71 bits per heavy atom.